The lowest BCUT2D eigenvalue weighted by Gasteiger charge is -1.99. The zero-order valence-corrected chi connectivity index (χ0v) is 9.71. The molecule has 0 fully saturated rings. The smallest absolute Gasteiger partial charge is 0.355 e. The fourth-order valence-electron chi connectivity index (χ4n) is 1.10. The van der Waals surface area contributed by atoms with Crippen molar-refractivity contribution in [3.63, 3.8) is 0 Å². The van der Waals surface area contributed by atoms with Gasteiger partial charge in [0.25, 0.3) is 0 Å². The van der Waals surface area contributed by atoms with E-state index in [0.29, 0.717) is 9.88 Å². The summed E-state index contributed by atoms with van der Waals surface area (Å²) in [6.07, 6.45) is -0.615. The quantitative estimate of drug-likeness (QED) is 0.651. The highest BCUT2D eigenvalue weighted by atomic mass is 32.1. The van der Waals surface area contributed by atoms with Crippen LogP contribution >= 0.6 is 11.3 Å². The summed E-state index contributed by atoms with van der Waals surface area (Å²) < 4.78 is 0. The van der Waals surface area contributed by atoms with Crippen LogP contribution in [0.1, 0.15) is 26.8 Å². The maximum Gasteiger partial charge on any atom is 0.355 e. The Morgan fingerprint density at radius 2 is 2.00 bits per heavy atom. The number of amides is 1. The minimum atomic E-state index is -1.22. The number of aromatic nitrogens is 1. The van der Waals surface area contributed by atoms with Crippen LogP contribution in [0.3, 0.4) is 0 Å². The standard InChI is InChI=1S/C9H10N2O5S/c1-4-8(9(15)16)11-6(17-4)3-10-5(12)2-7(13)14/h2-3H2,1H3,(H,10,12)(H,13,14)(H,15,16). The summed E-state index contributed by atoms with van der Waals surface area (Å²) >= 11 is 1.15. The third-order valence-electron chi connectivity index (χ3n) is 1.79. The monoisotopic (exact) mass is 258 g/mol. The van der Waals surface area contributed by atoms with Gasteiger partial charge < -0.3 is 15.5 Å². The highest BCUT2D eigenvalue weighted by Crippen LogP contribution is 2.17. The molecule has 0 aliphatic carbocycles. The summed E-state index contributed by atoms with van der Waals surface area (Å²) in [7, 11) is 0. The van der Waals surface area contributed by atoms with E-state index in [2.05, 4.69) is 10.3 Å². The summed E-state index contributed by atoms with van der Waals surface area (Å²) in [6.45, 7) is 1.65. The van der Waals surface area contributed by atoms with Crippen molar-refractivity contribution in [3.8, 4) is 0 Å². The van der Waals surface area contributed by atoms with Gasteiger partial charge in [-0.15, -0.1) is 11.3 Å². The van der Waals surface area contributed by atoms with Crippen LogP contribution in [0.5, 0.6) is 0 Å². The molecule has 0 unspecified atom stereocenters. The maximum absolute atomic E-state index is 11.0. The van der Waals surface area contributed by atoms with Crippen molar-refractivity contribution in [2.24, 2.45) is 0 Å². The molecule has 3 N–H and O–H groups in total. The number of carboxylic acids is 2. The minimum absolute atomic E-state index is 0.0326. The van der Waals surface area contributed by atoms with Gasteiger partial charge in [0.15, 0.2) is 5.69 Å². The molecule has 0 atom stereocenters. The van der Waals surface area contributed by atoms with E-state index in [4.69, 9.17) is 10.2 Å². The summed E-state index contributed by atoms with van der Waals surface area (Å²) in [6, 6.07) is 0. The van der Waals surface area contributed by atoms with E-state index < -0.39 is 24.3 Å². The van der Waals surface area contributed by atoms with Crippen molar-refractivity contribution in [2.45, 2.75) is 19.9 Å². The average molecular weight is 258 g/mol. The number of nitrogens with zero attached hydrogens (tertiary/aromatic N) is 1. The van der Waals surface area contributed by atoms with Gasteiger partial charge in [0.05, 0.1) is 6.54 Å². The SMILES string of the molecule is Cc1sc(CNC(=O)CC(=O)O)nc1C(=O)O. The number of carboxylic acid groups (broad SMARTS) is 2. The van der Waals surface area contributed by atoms with E-state index in [0.717, 1.165) is 11.3 Å². The molecule has 0 aromatic carbocycles. The first-order valence-electron chi connectivity index (χ1n) is 4.58. The highest BCUT2D eigenvalue weighted by molar-refractivity contribution is 7.11. The van der Waals surface area contributed by atoms with Gasteiger partial charge in [0, 0.05) is 4.88 Å². The second kappa shape index (κ2) is 5.39. The Labute approximate surface area is 100 Å². The topological polar surface area (TPSA) is 117 Å². The van der Waals surface area contributed by atoms with Gasteiger partial charge >= 0.3 is 11.9 Å². The fourth-order valence-corrected chi connectivity index (χ4v) is 1.96. The first-order valence-corrected chi connectivity index (χ1v) is 5.40. The molecule has 7 nitrogen and oxygen atoms in total. The van der Waals surface area contributed by atoms with Crippen LogP contribution in [0, 0.1) is 6.92 Å². The molecule has 0 saturated heterocycles. The van der Waals surface area contributed by atoms with E-state index in [1.54, 1.807) is 6.92 Å². The number of aliphatic carboxylic acids is 1. The predicted octanol–water partition coefficient (Wildman–Crippen LogP) is 0.241. The molecule has 17 heavy (non-hydrogen) atoms. The lowest BCUT2D eigenvalue weighted by molar-refractivity contribution is -0.140. The second-order valence-corrected chi connectivity index (χ2v) is 4.45. The van der Waals surface area contributed by atoms with E-state index in [1.807, 2.05) is 0 Å². The van der Waals surface area contributed by atoms with Crippen LogP contribution in [0.15, 0.2) is 0 Å². The Bertz CT molecular complexity index is 468. The zero-order valence-electron chi connectivity index (χ0n) is 8.89. The molecule has 0 bridgehead atoms. The van der Waals surface area contributed by atoms with E-state index in [1.165, 1.54) is 0 Å². The van der Waals surface area contributed by atoms with Crippen LogP contribution in [-0.2, 0) is 16.1 Å². The largest absolute Gasteiger partial charge is 0.481 e. The summed E-state index contributed by atoms with van der Waals surface area (Å²) in [5.41, 5.74) is -0.0440. The number of aryl methyl sites for hydroxylation is 1. The first-order chi connectivity index (χ1) is 7.90. The van der Waals surface area contributed by atoms with Gasteiger partial charge in [-0.3, -0.25) is 9.59 Å². The molecule has 0 aliphatic heterocycles. The third kappa shape index (κ3) is 3.83. The Hall–Kier alpha value is -1.96. The molecule has 1 aromatic heterocycles. The fraction of sp³-hybridized carbons (Fsp3) is 0.333. The number of thiazole rings is 1. The van der Waals surface area contributed by atoms with Crippen molar-refractivity contribution < 1.29 is 24.6 Å². The minimum Gasteiger partial charge on any atom is -0.481 e. The number of hydrogen-bond acceptors (Lipinski definition) is 5. The van der Waals surface area contributed by atoms with E-state index in [-0.39, 0.29) is 12.2 Å². The molecule has 0 saturated carbocycles. The van der Waals surface area contributed by atoms with Crippen molar-refractivity contribution in [2.75, 3.05) is 0 Å². The molecule has 0 spiro atoms. The summed E-state index contributed by atoms with van der Waals surface area (Å²) in [5, 5.41) is 19.9. The van der Waals surface area contributed by atoms with Crippen LogP contribution in [0.2, 0.25) is 0 Å². The normalized spacial score (nSPS) is 9.94. The zero-order chi connectivity index (χ0) is 13.0. The number of hydrogen-bond donors (Lipinski definition) is 3. The summed E-state index contributed by atoms with van der Waals surface area (Å²) in [4.78, 5) is 36.3. The molecule has 1 rings (SSSR count). The van der Waals surface area contributed by atoms with Crippen molar-refractivity contribution >= 4 is 29.2 Å². The molecular formula is C9H10N2O5S. The Morgan fingerprint density at radius 3 is 2.47 bits per heavy atom. The Kier molecular flexibility index (Phi) is 4.16. The molecule has 0 radical (unpaired) electrons. The van der Waals surface area contributed by atoms with Gasteiger partial charge in [0.2, 0.25) is 5.91 Å². The van der Waals surface area contributed by atoms with Crippen LogP contribution in [-0.4, -0.2) is 33.0 Å². The van der Waals surface area contributed by atoms with Crippen LogP contribution in [0.25, 0.3) is 0 Å². The molecular weight excluding hydrogens is 248 g/mol. The van der Waals surface area contributed by atoms with Gasteiger partial charge in [-0.1, -0.05) is 0 Å². The molecule has 0 aliphatic rings. The molecule has 8 heteroatoms. The second-order valence-electron chi connectivity index (χ2n) is 3.16. The number of carbonyl (C=O) groups is 3. The molecule has 1 amide bonds. The van der Waals surface area contributed by atoms with Crippen LogP contribution < -0.4 is 5.32 Å². The first kappa shape index (κ1) is 13.1. The molecule has 1 aromatic rings. The average Bonchev–Trinajstić information content (AvgIpc) is 2.56. The summed E-state index contributed by atoms with van der Waals surface area (Å²) in [5.74, 6) is -2.98. The highest BCUT2D eigenvalue weighted by Gasteiger charge is 2.14. The van der Waals surface area contributed by atoms with Gasteiger partial charge in [0.1, 0.15) is 11.4 Å². The van der Waals surface area contributed by atoms with Crippen LogP contribution in [0.4, 0.5) is 0 Å². The van der Waals surface area contributed by atoms with Gasteiger partial charge in [-0.2, -0.15) is 0 Å². The number of carbonyl (C=O) groups excluding carboxylic acids is 1. The van der Waals surface area contributed by atoms with E-state index >= 15 is 0 Å². The number of rotatable bonds is 5. The van der Waals surface area contributed by atoms with Crippen molar-refractivity contribution in [1.82, 2.24) is 10.3 Å². The van der Waals surface area contributed by atoms with Gasteiger partial charge in [-0.25, -0.2) is 9.78 Å². The third-order valence-corrected chi connectivity index (χ3v) is 2.76. The van der Waals surface area contributed by atoms with Crippen molar-refractivity contribution in [1.29, 1.82) is 0 Å². The lowest BCUT2D eigenvalue weighted by atomic mass is 10.4. The van der Waals surface area contributed by atoms with Crippen molar-refractivity contribution in [3.05, 3.63) is 15.6 Å². The molecule has 1 heterocycles. The van der Waals surface area contributed by atoms with Gasteiger partial charge in [-0.05, 0) is 6.92 Å². The Morgan fingerprint density at radius 1 is 1.35 bits per heavy atom. The number of aromatic carboxylic acids is 1. The van der Waals surface area contributed by atoms with E-state index in [9.17, 15) is 14.4 Å². The molecule has 92 valence electrons. The maximum atomic E-state index is 11.0. The number of nitrogens with one attached hydrogen (secondary N) is 1. The lowest BCUT2D eigenvalue weighted by Crippen LogP contribution is -2.25. The predicted molar refractivity (Wildman–Crippen MR) is 57.9 cm³/mol. The Balaban J connectivity index is 2.58.